The van der Waals surface area contributed by atoms with Crippen molar-refractivity contribution in [2.75, 3.05) is 19.8 Å². The molecule has 2 aromatic rings. The molecule has 0 bridgehead atoms. The molecule has 2 N–H and O–H groups in total. The number of para-hydroxylation sites is 1. The number of nitrogens with one attached hydrogen (secondary N) is 2. The fourth-order valence-electron chi connectivity index (χ4n) is 2.35. The molecule has 3 rings (SSSR count). The van der Waals surface area contributed by atoms with Gasteiger partial charge in [0.25, 0.3) is 0 Å². The number of carbonyl (C=O) groups is 1. The minimum absolute atomic E-state index is 0. The highest BCUT2D eigenvalue weighted by Gasteiger charge is 2.20. The zero-order valence-electron chi connectivity index (χ0n) is 13.2. The van der Waals surface area contributed by atoms with E-state index >= 15 is 0 Å². The van der Waals surface area contributed by atoms with E-state index in [1.54, 1.807) is 0 Å². The number of rotatable bonds is 5. The molecule has 24 heavy (non-hydrogen) atoms. The number of halogens is 1. The highest BCUT2D eigenvalue weighted by atomic mass is 35.5. The Kier molecular flexibility index (Phi) is 7.06. The van der Waals surface area contributed by atoms with Crippen LogP contribution in [0.15, 0.2) is 54.6 Å². The van der Waals surface area contributed by atoms with E-state index in [-0.39, 0.29) is 24.4 Å². The number of carbonyl (C=O) groups excluding carboxylic acids is 1. The van der Waals surface area contributed by atoms with Gasteiger partial charge in [0.2, 0.25) is 5.91 Å². The van der Waals surface area contributed by atoms with Crippen LogP contribution in [0.3, 0.4) is 0 Å². The van der Waals surface area contributed by atoms with Gasteiger partial charge in [-0.05, 0) is 29.8 Å². The molecule has 1 unspecified atom stereocenters. The summed E-state index contributed by atoms with van der Waals surface area (Å²) in [5.74, 6) is 1.54. The molecular formula is C18H21ClN2O3. The number of amides is 1. The summed E-state index contributed by atoms with van der Waals surface area (Å²) < 4.78 is 11.0. The van der Waals surface area contributed by atoms with Crippen LogP contribution in [0.2, 0.25) is 0 Å². The summed E-state index contributed by atoms with van der Waals surface area (Å²) in [6.07, 6.45) is 0. The molecule has 0 spiro atoms. The maximum atomic E-state index is 12.0. The first kappa shape index (κ1) is 18.3. The van der Waals surface area contributed by atoms with E-state index in [2.05, 4.69) is 10.6 Å². The molecule has 1 atom stereocenters. The first-order valence-corrected chi connectivity index (χ1v) is 7.72. The molecule has 5 nitrogen and oxygen atoms in total. The quantitative estimate of drug-likeness (QED) is 0.871. The van der Waals surface area contributed by atoms with Gasteiger partial charge in [-0.2, -0.15) is 0 Å². The van der Waals surface area contributed by atoms with Crippen LogP contribution in [0, 0.1) is 0 Å². The van der Waals surface area contributed by atoms with Crippen molar-refractivity contribution >= 4 is 18.3 Å². The Morgan fingerprint density at radius 1 is 1.12 bits per heavy atom. The van der Waals surface area contributed by atoms with Crippen LogP contribution in [-0.4, -0.2) is 31.7 Å². The smallest absolute Gasteiger partial charge is 0.239 e. The van der Waals surface area contributed by atoms with Gasteiger partial charge in [0.15, 0.2) is 0 Å². The number of ether oxygens (including phenoxy) is 2. The van der Waals surface area contributed by atoms with Gasteiger partial charge in [0, 0.05) is 13.1 Å². The SMILES string of the molecule is Cl.O=C(NCc1ccc(Oc2ccccc2)cc1)C1COCCN1. The highest BCUT2D eigenvalue weighted by Crippen LogP contribution is 2.21. The van der Waals surface area contributed by atoms with Crippen LogP contribution < -0.4 is 15.4 Å². The van der Waals surface area contributed by atoms with E-state index in [0.29, 0.717) is 26.3 Å². The van der Waals surface area contributed by atoms with Crippen molar-refractivity contribution in [2.24, 2.45) is 0 Å². The molecular weight excluding hydrogens is 328 g/mol. The molecule has 1 amide bonds. The summed E-state index contributed by atoms with van der Waals surface area (Å²) in [4.78, 5) is 12.0. The second kappa shape index (κ2) is 9.27. The third-order valence-electron chi connectivity index (χ3n) is 3.61. The zero-order chi connectivity index (χ0) is 15.9. The molecule has 0 aliphatic carbocycles. The third-order valence-corrected chi connectivity index (χ3v) is 3.61. The van der Waals surface area contributed by atoms with Crippen LogP contribution in [0.5, 0.6) is 11.5 Å². The molecule has 2 aromatic carbocycles. The van der Waals surface area contributed by atoms with Gasteiger partial charge >= 0.3 is 0 Å². The minimum atomic E-state index is -0.260. The van der Waals surface area contributed by atoms with Gasteiger partial charge in [-0.3, -0.25) is 4.79 Å². The zero-order valence-corrected chi connectivity index (χ0v) is 14.1. The van der Waals surface area contributed by atoms with E-state index in [0.717, 1.165) is 17.1 Å². The molecule has 1 fully saturated rings. The molecule has 6 heteroatoms. The summed E-state index contributed by atoms with van der Waals surface area (Å²) in [5, 5.41) is 6.05. The van der Waals surface area contributed by atoms with Gasteiger partial charge < -0.3 is 20.1 Å². The maximum absolute atomic E-state index is 12.0. The standard InChI is InChI=1S/C18H20N2O3.ClH/c21-18(17-13-22-11-10-19-17)20-12-14-6-8-16(9-7-14)23-15-4-2-1-3-5-15;/h1-9,17,19H,10-13H2,(H,20,21);1H. The molecule has 1 aliphatic heterocycles. The molecule has 1 aliphatic rings. The summed E-state index contributed by atoms with van der Waals surface area (Å²) in [6, 6.07) is 17.1. The van der Waals surface area contributed by atoms with Gasteiger partial charge in [0.05, 0.1) is 13.2 Å². The Hall–Kier alpha value is -2.08. The first-order valence-electron chi connectivity index (χ1n) is 7.72. The van der Waals surface area contributed by atoms with E-state index in [1.807, 2.05) is 54.6 Å². The fraction of sp³-hybridized carbons (Fsp3) is 0.278. The number of morpholine rings is 1. The van der Waals surface area contributed by atoms with E-state index in [9.17, 15) is 4.79 Å². The Bertz CT molecular complexity index is 628. The average molecular weight is 349 g/mol. The lowest BCUT2D eigenvalue weighted by Crippen LogP contribution is -2.51. The molecule has 0 radical (unpaired) electrons. The van der Waals surface area contributed by atoms with Crippen molar-refractivity contribution in [2.45, 2.75) is 12.6 Å². The summed E-state index contributed by atoms with van der Waals surface area (Å²) in [6.45, 7) is 2.29. The van der Waals surface area contributed by atoms with Crippen LogP contribution in [0.25, 0.3) is 0 Å². The Morgan fingerprint density at radius 2 is 1.83 bits per heavy atom. The van der Waals surface area contributed by atoms with Crippen LogP contribution in [0.4, 0.5) is 0 Å². The number of hydrogen-bond acceptors (Lipinski definition) is 4. The fourth-order valence-corrected chi connectivity index (χ4v) is 2.35. The van der Waals surface area contributed by atoms with E-state index < -0.39 is 0 Å². The predicted octanol–water partition coefficient (Wildman–Crippen LogP) is 2.51. The van der Waals surface area contributed by atoms with Gasteiger partial charge in [-0.15, -0.1) is 12.4 Å². The van der Waals surface area contributed by atoms with Crippen LogP contribution in [-0.2, 0) is 16.1 Å². The summed E-state index contributed by atoms with van der Waals surface area (Å²) >= 11 is 0. The lowest BCUT2D eigenvalue weighted by atomic mass is 10.2. The van der Waals surface area contributed by atoms with Crippen molar-refractivity contribution < 1.29 is 14.3 Å². The maximum Gasteiger partial charge on any atom is 0.239 e. The van der Waals surface area contributed by atoms with Crippen molar-refractivity contribution in [1.29, 1.82) is 0 Å². The van der Waals surface area contributed by atoms with E-state index in [4.69, 9.17) is 9.47 Å². The third kappa shape index (κ3) is 5.23. The lowest BCUT2D eigenvalue weighted by Gasteiger charge is -2.22. The average Bonchev–Trinajstić information content (AvgIpc) is 2.62. The summed E-state index contributed by atoms with van der Waals surface area (Å²) in [7, 11) is 0. The monoisotopic (exact) mass is 348 g/mol. The van der Waals surface area contributed by atoms with Crippen molar-refractivity contribution in [3.8, 4) is 11.5 Å². The van der Waals surface area contributed by atoms with Crippen LogP contribution in [0.1, 0.15) is 5.56 Å². The number of benzene rings is 2. The Morgan fingerprint density at radius 3 is 2.50 bits per heavy atom. The highest BCUT2D eigenvalue weighted by molar-refractivity contribution is 5.85. The predicted molar refractivity (Wildman–Crippen MR) is 94.7 cm³/mol. The van der Waals surface area contributed by atoms with Crippen LogP contribution >= 0.6 is 12.4 Å². The second-order valence-electron chi connectivity index (χ2n) is 5.36. The van der Waals surface area contributed by atoms with E-state index in [1.165, 1.54) is 0 Å². The lowest BCUT2D eigenvalue weighted by molar-refractivity contribution is -0.126. The van der Waals surface area contributed by atoms with Gasteiger partial charge in [-0.25, -0.2) is 0 Å². The van der Waals surface area contributed by atoms with Crippen molar-refractivity contribution in [1.82, 2.24) is 10.6 Å². The Labute approximate surface area is 147 Å². The molecule has 1 saturated heterocycles. The molecule has 128 valence electrons. The molecule has 1 heterocycles. The normalized spacial score (nSPS) is 16.8. The van der Waals surface area contributed by atoms with Crippen molar-refractivity contribution in [3.05, 3.63) is 60.2 Å². The van der Waals surface area contributed by atoms with Gasteiger partial charge in [0.1, 0.15) is 17.5 Å². The van der Waals surface area contributed by atoms with Gasteiger partial charge in [-0.1, -0.05) is 30.3 Å². The minimum Gasteiger partial charge on any atom is -0.457 e. The first-order chi connectivity index (χ1) is 11.3. The summed E-state index contributed by atoms with van der Waals surface area (Å²) in [5.41, 5.74) is 1.02. The topological polar surface area (TPSA) is 59.6 Å². The largest absolute Gasteiger partial charge is 0.457 e. The second-order valence-corrected chi connectivity index (χ2v) is 5.36. The molecule has 0 saturated carbocycles. The molecule has 0 aromatic heterocycles. The number of hydrogen-bond donors (Lipinski definition) is 2. The Balaban J connectivity index is 0.00000208. The van der Waals surface area contributed by atoms with Crippen molar-refractivity contribution in [3.63, 3.8) is 0 Å².